The van der Waals surface area contributed by atoms with E-state index in [9.17, 15) is 10.2 Å². The number of aryl methyl sites for hydroxylation is 4. The van der Waals surface area contributed by atoms with Crippen LogP contribution < -0.4 is 9.47 Å². The Hall–Kier alpha value is -8.80. The quantitative estimate of drug-likeness (QED) is 0.0249. The third-order valence-electron chi connectivity index (χ3n) is 18.8. The molecule has 0 amide bonds. The van der Waals surface area contributed by atoms with E-state index in [-0.39, 0.29) is 13.2 Å². The number of fused-ring (bicyclic) bond motifs is 4. The molecule has 0 spiro atoms. The van der Waals surface area contributed by atoms with Crippen LogP contribution >= 0.6 is 15.2 Å². The van der Waals surface area contributed by atoms with Gasteiger partial charge in [-0.2, -0.15) is 0 Å². The molecule has 4 aliphatic rings. The highest BCUT2D eigenvalue weighted by Crippen LogP contribution is 2.59. The van der Waals surface area contributed by atoms with Crippen LogP contribution in [0.3, 0.4) is 0 Å². The van der Waals surface area contributed by atoms with Crippen LogP contribution in [0.4, 0.5) is 17.6 Å². The second-order valence-electron chi connectivity index (χ2n) is 25.5. The van der Waals surface area contributed by atoms with Crippen molar-refractivity contribution in [1.29, 1.82) is 0 Å². The second-order valence-corrected chi connectivity index (χ2v) is 28.2. The van der Waals surface area contributed by atoms with E-state index in [1.54, 1.807) is 54.8 Å². The first-order valence-corrected chi connectivity index (χ1v) is 37.2. The van der Waals surface area contributed by atoms with Gasteiger partial charge in [-0.15, -0.1) is 0 Å². The number of methoxy groups -OCH3 is 2. The minimum atomic E-state index is -2.70. The number of nitrogens with zero attached hydrogens (tertiary/aromatic N) is 16. The van der Waals surface area contributed by atoms with E-state index < -0.39 is 147 Å². The fourth-order valence-corrected chi connectivity index (χ4v) is 15.4. The Morgan fingerprint density at radius 3 is 1.24 bits per heavy atom. The Morgan fingerprint density at radius 2 is 0.844 bits per heavy atom. The van der Waals surface area contributed by atoms with Crippen LogP contribution in [0.1, 0.15) is 84.6 Å². The third kappa shape index (κ3) is 15.7. The lowest BCUT2D eigenvalue weighted by Gasteiger charge is -2.39. The Morgan fingerprint density at radius 1 is 0.495 bits per heavy atom. The predicted molar refractivity (Wildman–Crippen MR) is 397 cm³/mol. The number of aliphatic carboxylic acids is 1. The van der Waals surface area contributed by atoms with Crippen molar-refractivity contribution in [3.63, 3.8) is 0 Å². The number of benzene rings is 3. The lowest BCUT2D eigenvalue weighted by Crippen LogP contribution is -2.44. The molecule has 578 valence electrons. The Kier molecular flexibility index (Phi) is 23.5. The molecule has 0 aliphatic carbocycles. The highest BCUT2D eigenvalue weighted by Gasteiger charge is 2.56. The molecule has 31 nitrogen and oxygen atoms in total. The molecule has 109 heavy (non-hydrogen) atoms. The molecule has 0 radical (unpaired) electrons. The molecule has 4 aliphatic heterocycles. The molecule has 0 saturated carbocycles. The number of carboxylic acids is 1. The van der Waals surface area contributed by atoms with E-state index in [4.69, 9.17) is 61.2 Å². The molecule has 18 atom stereocenters. The van der Waals surface area contributed by atoms with Crippen LogP contribution in [0.2, 0.25) is 0 Å². The van der Waals surface area contributed by atoms with Gasteiger partial charge in [0, 0.05) is 6.92 Å². The minimum Gasteiger partial charge on any atom is -0.497 e. The van der Waals surface area contributed by atoms with E-state index in [2.05, 4.69) is 59.8 Å². The first kappa shape index (κ1) is 78.3. The van der Waals surface area contributed by atoms with Gasteiger partial charge >= 0.3 is 0 Å². The van der Waals surface area contributed by atoms with Gasteiger partial charge in [0.15, 0.2) is 99.5 Å². The van der Waals surface area contributed by atoms with Gasteiger partial charge in [0.2, 0.25) is 0 Å². The van der Waals surface area contributed by atoms with Crippen molar-refractivity contribution in [2.45, 2.75) is 152 Å². The normalized spacial score (nSPS) is 26.7. The van der Waals surface area contributed by atoms with Gasteiger partial charge in [0.25, 0.3) is 5.97 Å². The summed E-state index contributed by atoms with van der Waals surface area (Å²) in [7, 11) is -3.51. The number of alkyl halides is 4. The predicted octanol–water partition coefficient (Wildman–Crippen LogP) is 7.08. The van der Waals surface area contributed by atoms with Crippen molar-refractivity contribution in [1.82, 2.24) is 78.1 Å². The van der Waals surface area contributed by atoms with Crippen LogP contribution in [0.15, 0.2) is 129 Å². The zero-order chi connectivity index (χ0) is 77.4. The largest absolute Gasteiger partial charge is 0.497 e. The number of imidazole rings is 4. The Labute approximate surface area is 625 Å². The molecular formula is C70H84B2F4N16O15P2. The van der Waals surface area contributed by atoms with E-state index in [1.807, 2.05) is 106 Å². The number of hydrogen-bond acceptors (Lipinski definition) is 26. The van der Waals surface area contributed by atoms with Crippen molar-refractivity contribution in [2.24, 2.45) is 0 Å². The van der Waals surface area contributed by atoms with Crippen LogP contribution in [0.5, 0.6) is 11.5 Å². The molecule has 8 aromatic heterocycles. The van der Waals surface area contributed by atoms with Gasteiger partial charge < -0.3 is 48.5 Å². The number of hydrogen-bond donors (Lipinski definition) is 3. The topological polar surface area (TPSA) is 354 Å². The fraction of sp³-hybridized carbons (Fsp3) is 0.443. The van der Waals surface area contributed by atoms with Crippen LogP contribution in [0.25, 0.3) is 44.7 Å². The maximum Gasteiger partial charge on any atom is 0.300 e. The van der Waals surface area contributed by atoms with Gasteiger partial charge in [-0.05, 0) is 75.1 Å². The van der Waals surface area contributed by atoms with Gasteiger partial charge in [0.1, 0.15) is 108 Å². The second kappa shape index (κ2) is 32.6. The van der Waals surface area contributed by atoms with Gasteiger partial charge in [-0.1, -0.05) is 61.5 Å². The summed E-state index contributed by atoms with van der Waals surface area (Å²) >= 11 is 0. The molecule has 3 aromatic carbocycles. The highest BCUT2D eigenvalue weighted by atomic mass is 31.2. The number of rotatable bonds is 23. The summed E-state index contributed by atoms with van der Waals surface area (Å²) < 4.78 is 141. The molecule has 15 rings (SSSR count). The number of ether oxygens (including phenoxy) is 7. The van der Waals surface area contributed by atoms with Crippen molar-refractivity contribution in [3.05, 3.63) is 169 Å². The number of aromatic nitrogens is 16. The fourth-order valence-electron chi connectivity index (χ4n) is 13.4. The zero-order valence-electron chi connectivity index (χ0n) is 59.5. The highest BCUT2D eigenvalue weighted by molar-refractivity contribution is 7.89. The van der Waals surface area contributed by atoms with Crippen LogP contribution in [-0.2, 0) is 52.2 Å². The molecule has 3 N–H and O–H groups in total. The maximum absolute atomic E-state index is 17.9. The summed E-state index contributed by atoms with van der Waals surface area (Å²) in [5, 5.41) is 27.8. The first-order valence-electron chi connectivity index (χ1n) is 34.0. The molecule has 0 bridgehead atoms. The van der Waals surface area contributed by atoms with Crippen molar-refractivity contribution < 1.29 is 88.9 Å². The van der Waals surface area contributed by atoms with Gasteiger partial charge in [-0.25, -0.2) is 86.4 Å². The molecule has 39 heteroatoms. The summed E-state index contributed by atoms with van der Waals surface area (Å²) in [6, 6.07) is 24.7. The third-order valence-corrected chi connectivity index (χ3v) is 20.9. The van der Waals surface area contributed by atoms with E-state index >= 15 is 17.6 Å². The summed E-state index contributed by atoms with van der Waals surface area (Å²) in [6.07, 6.45) is -7.56. The summed E-state index contributed by atoms with van der Waals surface area (Å²) in [4.78, 5) is 60.8. The summed E-state index contributed by atoms with van der Waals surface area (Å²) in [5.41, 5.74) is 7.32. The molecule has 10 unspecified atom stereocenters. The van der Waals surface area contributed by atoms with Crippen molar-refractivity contribution >= 4 is 80.9 Å². The Bertz CT molecular complexity index is 4920. The minimum absolute atomic E-state index is 0.126. The van der Waals surface area contributed by atoms with Gasteiger partial charge in [0.05, 0.1) is 104 Å². The van der Waals surface area contributed by atoms with Crippen molar-refractivity contribution in [3.8, 4) is 11.5 Å². The summed E-state index contributed by atoms with van der Waals surface area (Å²) in [5.74, 6) is 0.449. The number of halogens is 4. The van der Waals surface area contributed by atoms with Crippen LogP contribution in [0, 0.1) is 27.7 Å². The van der Waals surface area contributed by atoms with E-state index in [0.717, 1.165) is 12.5 Å². The summed E-state index contributed by atoms with van der Waals surface area (Å²) in [6.45, 7) is 13.0. The average Bonchev–Trinajstić information content (AvgIpc) is 1.72. The number of aliphatic hydroxyl groups is 2. The SMILES string of the molecule is CC(=O)O.[BH3-][P+](C)(OC[C@H]1O[C@@H](n2cnc3c(C)ncnc32)[C@@H](F)C1O)OC1C(n2cnc3c(C)ncnc32)OC(CO)[C@@H]1F.[BH3-][P+](C)(OC[C@H]1O[C@@H](n2cnc3c(C)ncnc32)[C@@H](F)C1OC(c1ccccc1)(c1ccc(OC)cc1)c1ccc(OC)cc1)OC1C(n2cnc3c(C)ncnc32)OC(CC)[C@@H]1F. The molecule has 11 aromatic rings. The smallest absolute Gasteiger partial charge is 0.300 e. The zero-order valence-corrected chi connectivity index (χ0v) is 61.3. The van der Waals surface area contributed by atoms with Crippen LogP contribution in [-0.4, -0.2) is 235 Å². The lowest BCUT2D eigenvalue weighted by atomic mass is 9.79. The molecule has 4 saturated heterocycles. The van der Waals surface area contributed by atoms with Gasteiger partial charge in [-0.3, -0.25) is 32.1 Å². The lowest BCUT2D eigenvalue weighted by molar-refractivity contribution is -0.134. The molecule has 12 heterocycles. The number of aliphatic hydroxyl groups excluding tert-OH is 2. The first-order chi connectivity index (χ1) is 52.3. The van der Waals surface area contributed by atoms with E-state index in [1.165, 1.54) is 48.9 Å². The number of carbonyl (C=O) groups is 1. The Balaban J connectivity index is 0.000000199. The molecular weight excluding hydrogens is 1460 g/mol. The standard InChI is InChI=1S/C45H50BF2N8O7P.C23H30BF2N8O6P.C2H4O2/c1-7-33-35(47)40(44(60-33)56-25-54-38-27(3)50-23-52-42(38)56)63-64(6,46)59-21-34-39(36(48)43(61-34)55-24-53-37-26(2)49-22-51-41(37)55)62-45(28-11-9-8-10-12-28,29-13-17-31(57-4)18-14-29)30-15-19-32(58-5)20-16-30;1-10-16-20(29-6-27-10)33(8-31-16)22-15(26)18(36)13(39-22)5-37-41(3,24)40-19-14(25)12(4-35)38-23(19)34-9-32-17-11(2)28-7-30-21(17)34;1-2(3)4/h8-20,22-25,33-36,39-40,43-44H,7,21H2,1-6,46H3;6-9,12-15,18-19,22-23,35-36H,4-5H2,1-3,24H3;1H3,(H,3,4)/t33?,34-,35+,36+,39?,40?,43-,44?,64?;12?,13-,14+,15+,18?,19?,22-,23?,41?;/m11./s1. The average molecular weight is 1550 g/mol. The maximum atomic E-state index is 17.9. The van der Waals surface area contributed by atoms with Crippen molar-refractivity contribution in [2.75, 3.05) is 47.4 Å². The number of carboxylic acid groups (broad SMARTS) is 1. The monoisotopic (exact) mass is 1550 g/mol. The van der Waals surface area contributed by atoms with E-state index in [0.29, 0.717) is 96.5 Å². The molecule has 4 fully saturated rings.